The average molecular weight is 356 g/mol. The van der Waals surface area contributed by atoms with E-state index < -0.39 is 15.1 Å². The number of carbonyl (C=O) groups is 1. The van der Waals surface area contributed by atoms with Crippen LogP contribution in [0.1, 0.15) is 42.9 Å². The summed E-state index contributed by atoms with van der Waals surface area (Å²) in [5, 5.41) is -0.130. The van der Waals surface area contributed by atoms with Crippen molar-refractivity contribution in [3.05, 3.63) is 34.9 Å². The van der Waals surface area contributed by atoms with Crippen LogP contribution in [-0.4, -0.2) is 38.1 Å². The van der Waals surface area contributed by atoms with Crippen LogP contribution in [-0.2, 0) is 14.6 Å². The van der Waals surface area contributed by atoms with Gasteiger partial charge in [0.15, 0.2) is 9.84 Å². The van der Waals surface area contributed by atoms with Crippen molar-refractivity contribution < 1.29 is 13.2 Å². The summed E-state index contributed by atoms with van der Waals surface area (Å²) >= 11 is 6.20. The molecule has 2 aliphatic rings. The fourth-order valence-electron chi connectivity index (χ4n) is 3.68. The molecule has 3 rings (SSSR count). The van der Waals surface area contributed by atoms with Gasteiger partial charge in [-0.05, 0) is 30.9 Å². The van der Waals surface area contributed by atoms with Crippen LogP contribution in [0.3, 0.4) is 0 Å². The molecule has 0 aromatic heterocycles. The van der Waals surface area contributed by atoms with Gasteiger partial charge in [0.25, 0.3) is 0 Å². The summed E-state index contributed by atoms with van der Waals surface area (Å²) in [5.74, 6) is 0.244. The van der Waals surface area contributed by atoms with E-state index in [4.69, 9.17) is 11.6 Å². The largest absolute Gasteiger partial charge is 0.341 e. The third-order valence-electron chi connectivity index (χ3n) is 5.01. The molecule has 4 nitrogen and oxygen atoms in total. The number of hydrogen-bond donors (Lipinski definition) is 0. The molecule has 126 valence electrons. The average Bonchev–Trinajstić information content (AvgIpc) is 3.00. The molecule has 1 atom stereocenters. The minimum Gasteiger partial charge on any atom is -0.341 e. The Morgan fingerprint density at radius 1 is 1.09 bits per heavy atom. The number of amides is 1. The van der Waals surface area contributed by atoms with E-state index in [9.17, 15) is 13.2 Å². The second kappa shape index (κ2) is 6.81. The number of sulfone groups is 1. The van der Waals surface area contributed by atoms with E-state index in [0.29, 0.717) is 30.1 Å². The third kappa shape index (κ3) is 3.56. The Balaban J connectivity index is 1.80. The maximum Gasteiger partial charge on any atom is 0.225 e. The smallest absolute Gasteiger partial charge is 0.225 e. The predicted octanol–water partition coefficient (Wildman–Crippen LogP) is 3.22. The first kappa shape index (κ1) is 16.8. The number of halogens is 1. The molecule has 0 N–H and O–H groups in total. The van der Waals surface area contributed by atoms with Crippen molar-refractivity contribution in [1.82, 2.24) is 4.90 Å². The van der Waals surface area contributed by atoms with Crippen molar-refractivity contribution in [2.24, 2.45) is 5.92 Å². The van der Waals surface area contributed by atoms with Gasteiger partial charge >= 0.3 is 0 Å². The highest BCUT2D eigenvalue weighted by Crippen LogP contribution is 2.35. The number of benzene rings is 1. The Kier molecular flexibility index (Phi) is 4.97. The van der Waals surface area contributed by atoms with Crippen molar-refractivity contribution >= 4 is 27.3 Å². The zero-order valence-electron chi connectivity index (χ0n) is 13.1. The molecule has 1 amide bonds. The van der Waals surface area contributed by atoms with E-state index >= 15 is 0 Å². The van der Waals surface area contributed by atoms with E-state index in [2.05, 4.69) is 0 Å². The van der Waals surface area contributed by atoms with E-state index in [1.54, 1.807) is 23.1 Å². The molecule has 1 unspecified atom stereocenters. The van der Waals surface area contributed by atoms with Gasteiger partial charge in [0.1, 0.15) is 0 Å². The summed E-state index contributed by atoms with van der Waals surface area (Å²) in [5.41, 5.74) is 0.657. The van der Waals surface area contributed by atoms with E-state index in [0.717, 1.165) is 25.7 Å². The first-order valence-electron chi connectivity index (χ1n) is 8.24. The Bertz CT molecular complexity index is 683. The lowest BCUT2D eigenvalue weighted by Crippen LogP contribution is -2.37. The molecule has 1 saturated heterocycles. The first-order valence-corrected chi connectivity index (χ1v) is 10.3. The van der Waals surface area contributed by atoms with Gasteiger partial charge in [-0.2, -0.15) is 0 Å². The Morgan fingerprint density at radius 3 is 2.48 bits per heavy atom. The second-order valence-electron chi connectivity index (χ2n) is 6.47. The van der Waals surface area contributed by atoms with E-state index in [-0.39, 0.29) is 17.6 Å². The molecule has 0 bridgehead atoms. The normalized spacial score (nSPS) is 25.3. The van der Waals surface area contributed by atoms with E-state index in [1.165, 1.54) is 0 Å². The van der Waals surface area contributed by atoms with Crippen LogP contribution in [0.25, 0.3) is 0 Å². The Labute approximate surface area is 142 Å². The topological polar surface area (TPSA) is 54.5 Å². The lowest BCUT2D eigenvalue weighted by molar-refractivity contribution is -0.135. The van der Waals surface area contributed by atoms with Gasteiger partial charge in [-0.1, -0.05) is 42.6 Å². The summed E-state index contributed by atoms with van der Waals surface area (Å²) in [6, 6.07) is 7.10. The SMILES string of the molecule is O=C(C1CCCC1)N1CCC(c2ccccc2Cl)S(=O)(=O)CC1. The first-order chi connectivity index (χ1) is 11.0. The number of nitrogens with zero attached hydrogens (tertiary/aromatic N) is 1. The van der Waals surface area contributed by atoms with Crippen LogP contribution in [0.2, 0.25) is 5.02 Å². The predicted molar refractivity (Wildman–Crippen MR) is 91.1 cm³/mol. The highest BCUT2D eigenvalue weighted by atomic mass is 35.5. The second-order valence-corrected chi connectivity index (χ2v) is 9.18. The monoisotopic (exact) mass is 355 g/mol. The molecule has 1 aromatic carbocycles. The molecule has 2 fully saturated rings. The minimum absolute atomic E-state index is 0.0152. The zero-order chi connectivity index (χ0) is 16.4. The highest BCUT2D eigenvalue weighted by molar-refractivity contribution is 7.91. The number of hydrogen-bond acceptors (Lipinski definition) is 3. The fourth-order valence-corrected chi connectivity index (χ4v) is 5.83. The molecule has 0 spiro atoms. The Hall–Kier alpha value is -1.07. The van der Waals surface area contributed by atoms with Crippen LogP contribution in [0.4, 0.5) is 0 Å². The van der Waals surface area contributed by atoms with E-state index in [1.807, 2.05) is 6.07 Å². The lowest BCUT2D eigenvalue weighted by Gasteiger charge is -2.23. The summed E-state index contributed by atoms with van der Waals surface area (Å²) in [6.07, 6.45) is 4.51. The minimum atomic E-state index is -3.30. The molecule has 1 aliphatic heterocycles. The molecule has 1 aliphatic carbocycles. The van der Waals surface area contributed by atoms with Gasteiger partial charge in [-0.3, -0.25) is 4.79 Å². The van der Waals surface area contributed by atoms with Crippen LogP contribution in [0.15, 0.2) is 24.3 Å². The zero-order valence-corrected chi connectivity index (χ0v) is 14.7. The van der Waals surface area contributed by atoms with Gasteiger partial charge < -0.3 is 4.90 Å². The van der Waals surface area contributed by atoms with Gasteiger partial charge in [0.2, 0.25) is 5.91 Å². The molecule has 1 saturated carbocycles. The molecule has 1 heterocycles. The van der Waals surface area contributed by atoms with Crippen molar-refractivity contribution in [3.63, 3.8) is 0 Å². The van der Waals surface area contributed by atoms with Crippen molar-refractivity contribution in [3.8, 4) is 0 Å². The maximum atomic E-state index is 12.6. The molecule has 6 heteroatoms. The quantitative estimate of drug-likeness (QED) is 0.818. The summed E-state index contributed by atoms with van der Waals surface area (Å²) in [4.78, 5) is 14.3. The summed E-state index contributed by atoms with van der Waals surface area (Å²) in [7, 11) is -3.30. The fraction of sp³-hybridized carbons (Fsp3) is 0.588. The van der Waals surface area contributed by atoms with Gasteiger partial charge in [0.05, 0.1) is 11.0 Å². The van der Waals surface area contributed by atoms with Crippen molar-refractivity contribution in [2.45, 2.75) is 37.4 Å². The van der Waals surface area contributed by atoms with Crippen LogP contribution in [0, 0.1) is 5.92 Å². The summed E-state index contributed by atoms with van der Waals surface area (Å²) in [6.45, 7) is 0.795. The van der Waals surface area contributed by atoms with Gasteiger partial charge in [-0.25, -0.2) is 8.42 Å². The van der Waals surface area contributed by atoms with Crippen LogP contribution < -0.4 is 0 Å². The van der Waals surface area contributed by atoms with Crippen LogP contribution >= 0.6 is 11.6 Å². The number of carbonyl (C=O) groups excluding carboxylic acids is 1. The molecule has 23 heavy (non-hydrogen) atoms. The Morgan fingerprint density at radius 2 is 1.78 bits per heavy atom. The molecule has 0 radical (unpaired) electrons. The highest BCUT2D eigenvalue weighted by Gasteiger charge is 2.35. The van der Waals surface area contributed by atoms with Crippen molar-refractivity contribution in [1.29, 1.82) is 0 Å². The van der Waals surface area contributed by atoms with Gasteiger partial charge in [-0.15, -0.1) is 0 Å². The summed E-state index contributed by atoms with van der Waals surface area (Å²) < 4.78 is 25.3. The van der Waals surface area contributed by atoms with Crippen molar-refractivity contribution in [2.75, 3.05) is 18.8 Å². The van der Waals surface area contributed by atoms with Crippen LogP contribution in [0.5, 0.6) is 0 Å². The molecular formula is C17H22ClNO3S. The maximum absolute atomic E-state index is 12.6. The third-order valence-corrected chi connectivity index (χ3v) is 7.46. The number of rotatable bonds is 2. The molecule has 1 aromatic rings. The molecular weight excluding hydrogens is 334 g/mol. The van der Waals surface area contributed by atoms with Gasteiger partial charge in [0, 0.05) is 24.0 Å². The standard InChI is InChI=1S/C17H22ClNO3S/c18-15-8-4-3-7-14(15)16-9-10-19(11-12-23(16,21)22)17(20)13-5-1-2-6-13/h3-4,7-8,13,16H,1-2,5-6,9-12H2. The lowest BCUT2D eigenvalue weighted by atomic mass is 10.1.